The summed E-state index contributed by atoms with van der Waals surface area (Å²) in [7, 11) is 0. The normalized spacial score (nSPS) is 14.1. The lowest BCUT2D eigenvalue weighted by molar-refractivity contribution is 0.133. The number of para-hydroxylation sites is 1. The lowest BCUT2D eigenvalue weighted by Gasteiger charge is -2.17. The fourth-order valence-electron chi connectivity index (χ4n) is 2.23. The molecule has 2 rings (SSSR count). The fraction of sp³-hybridized carbons (Fsp3) is 0.471. The predicted octanol–water partition coefficient (Wildman–Crippen LogP) is 2.53. The number of alkyl carbamates (subject to hydrolysis) is 1. The predicted molar refractivity (Wildman–Crippen MR) is 83.1 cm³/mol. The average molecular weight is 303 g/mol. The van der Waals surface area contributed by atoms with Gasteiger partial charge in [-0.05, 0) is 26.8 Å². The Labute approximate surface area is 130 Å². The van der Waals surface area contributed by atoms with Crippen LogP contribution in [-0.4, -0.2) is 31.5 Å². The van der Waals surface area contributed by atoms with Crippen molar-refractivity contribution in [3.05, 3.63) is 23.8 Å². The second-order valence-electron chi connectivity index (χ2n) is 5.50. The molecular weight excluding hydrogens is 282 g/mol. The third kappa shape index (κ3) is 4.32. The summed E-state index contributed by atoms with van der Waals surface area (Å²) in [5, 5.41) is 2.52. The second kappa shape index (κ2) is 7.08. The van der Waals surface area contributed by atoms with E-state index in [1.165, 1.54) is 0 Å². The van der Waals surface area contributed by atoms with E-state index in [2.05, 4.69) is 31.0 Å². The average Bonchev–Trinajstić information content (AvgIpc) is 2.77. The van der Waals surface area contributed by atoms with Gasteiger partial charge in [0, 0.05) is 12.0 Å². The molecule has 0 aliphatic carbocycles. The van der Waals surface area contributed by atoms with E-state index >= 15 is 0 Å². The minimum absolute atomic E-state index is 0.197. The Balaban J connectivity index is 1.82. The van der Waals surface area contributed by atoms with Crippen LogP contribution in [0.4, 0.5) is 4.79 Å². The number of hydrogen-bond acceptors (Lipinski definition) is 4. The summed E-state index contributed by atoms with van der Waals surface area (Å²) in [6.07, 6.45) is 0.406. The number of rotatable bonds is 4. The molecule has 1 aromatic carbocycles. The number of carbonyl (C=O) groups excluding carboxylic acids is 1. The zero-order valence-electron chi connectivity index (χ0n) is 13.2. The van der Waals surface area contributed by atoms with Crippen LogP contribution in [0.25, 0.3) is 0 Å². The molecule has 1 aliphatic rings. The van der Waals surface area contributed by atoms with E-state index in [-0.39, 0.29) is 18.8 Å². The monoisotopic (exact) mass is 303 g/mol. The van der Waals surface area contributed by atoms with Crippen molar-refractivity contribution < 1.29 is 19.0 Å². The molecule has 0 spiro atoms. The summed E-state index contributed by atoms with van der Waals surface area (Å²) >= 11 is 0. The van der Waals surface area contributed by atoms with Crippen LogP contribution in [0.3, 0.4) is 0 Å². The largest absolute Gasteiger partial charge is 0.483 e. The smallest absolute Gasteiger partial charge is 0.407 e. The highest BCUT2D eigenvalue weighted by molar-refractivity contribution is 5.67. The number of hydrogen-bond donors (Lipinski definition) is 1. The van der Waals surface area contributed by atoms with Gasteiger partial charge in [-0.15, -0.1) is 0 Å². The molecule has 0 radical (unpaired) electrons. The molecule has 5 nitrogen and oxygen atoms in total. The first kappa shape index (κ1) is 16.0. The van der Waals surface area contributed by atoms with Gasteiger partial charge in [-0.3, -0.25) is 0 Å². The molecule has 0 aromatic heterocycles. The van der Waals surface area contributed by atoms with Crippen molar-refractivity contribution >= 4 is 6.09 Å². The van der Waals surface area contributed by atoms with E-state index in [9.17, 15) is 4.79 Å². The number of fused-ring (bicyclic) bond motifs is 1. The van der Waals surface area contributed by atoms with E-state index in [0.29, 0.717) is 12.4 Å². The van der Waals surface area contributed by atoms with Gasteiger partial charge in [0.05, 0.1) is 13.2 Å². The Bertz CT molecular complexity index is 598. The van der Waals surface area contributed by atoms with Crippen molar-refractivity contribution in [3.63, 3.8) is 0 Å². The van der Waals surface area contributed by atoms with Crippen molar-refractivity contribution in [3.8, 4) is 23.3 Å². The van der Waals surface area contributed by atoms with Gasteiger partial charge in [0.1, 0.15) is 12.2 Å². The second-order valence-corrected chi connectivity index (χ2v) is 5.50. The lowest BCUT2D eigenvalue weighted by atomic mass is 10.0. The van der Waals surface area contributed by atoms with Crippen molar-refractivity contribution in [1.82, 2.24) is 5.32 Å². The van der Waals surface area contributed by atoms with Crippen molar-refractivity contribution in [2.45, 2.75) is 32.8 Å². The maximum absolute atomic E-state index is 11.0. The standard InChI is InChI=1S/C17H21NO4/c1-4-20-16(19)18-10-5-6-11-21-14-9-7-8-13-12-17(2,3)22-15(13)14/h7-9H,4,10-12H2,1-3H3,(H,18,19). The summed E-state index contributed by atoms with van der Waals surface area (Å²) in [5.74, 6) is 7.16. The minimum atomic E-state index is -0.464. The van der Waals surface area contributed by atoms with Gasteiger partial charge in [-0.1, -0.05) is 24.0 Å². The number of benzene rings is 1. The molecule has 1 heterocycles. The number of carbonyl (C=O) groups is 1. The first-order valence-corrected chi connectivity index (χ1v) is 7.32. The maximum atomic E-state index is 11.0. The van der Waals surface area contributed by atoms with Crippen molar-refractivity contribution in [1.29, 1.82) is 0 Å². The Kier molecular flexibility index (Phi) is 5.16. The van der Waals surface area contributed by atoms with Crippen molar-refractivity contribution in [2.75, 3.05) is 19.8 Å². The van der Waals surface area contributed by atoms with Crippen LogP contribution in [0.15, 0.2) is 18.2 Å². The molecule has 0 fully saturated rings. The molecule has 1 amide bonds. The summed E-state index contributed by atoms with van der Waals surface area (Å²) in [5.41, 5.74) is 0.955. The van der Waals surface area contributed by atoms with Crippen LogP contribution in [0.5, 0.6) is 11.5 Å². The van der Waals surface area contributed by atoms with Gasteiger partial charge >= 0.3 is 6.09 Å². The van der Waals surface area contributed by atoms with E-state index in [0.717, 1.165) is 17.7 Å². The lowest BCUT2D eigenvalue weighted by Crippen LogP contribution is -2.24. The van der Waals surface area contributed by atoms with Gasteiger partial charge in [0.25, 0.3) is 0 Å². The highest BCUT2D eigenvalue weighted by atomic mass is 16.5. The molecule has 118 valence electrons. The highest BCUT2D eigenvalue weighted by Gasteiger charge is 2.32. The third-order valence-electron chi connectivity index (χ3n) is 3.08. The highest BCUT2D eigenvalue weighted by Crippen LogP contribution is 2.41. The zero-order chi connectivity index (χ0) is 16.0. The van der Waals surface area contributed by atoms with E-state index in [4.69, 9.17) is 14.2 Å². The zero-order valence-corrected chi connectivity index (χ0v) is 13.2. The molecule has 1 aliphatic heterocycles. The van der Waals surface area contributed by atoms with Gasteiger partial charge in [-0.2, -0.15) is 0 Å². The van der Waals surface area contributed by atoms with Gasteiger partial charge in [0.2, 0.25) is 0 Å². The molecule has 0 saturated carbocycles. The molecular formula is C17H21NO4. The molecule has 0 saturated heterocycles. The summed E-state index contributed by atoms with van der Waals surface area (Å²) in [6, 6.07) is 5.87. The number of nitrogens with one attached hydrogen (secondary N) is 1. The topological polar surface area (TPSA) is 56.8 Å². The minimum Gasteiger partial charge on any atom is -0.483 e. The van der Waals surface area contributed by atoms with Crippen LogP contribution < -0.4 is 14.8 Å². The summed E-state index contributed by atoms with van der Waals surface area (Å²) in [6.45, 7) is 6.68. The van der Waals surface area contributed by atoms with Crippen LogP contribution >= 0.6 is 0 Å². The van der Waals surface area contributed by atoms with Gasteiger partial charge in [0.15, 0.2) is 11.5 Å². The fourth-order valence-corrected chi connectivity index (χ4v) is 2.23. The van der Waals surface area contributed by atoms with Gasteiger partial charge < -0.3 is 19.5 Å². The molecule has 0 atom stereocenters. The van der Waals surface area contributed by atoms with Crippen LogP contribution in [0, 0.1) is 11.8 Å². The van der Waals surface area contributed by atoms with Crippen LogP contribution in [0.2, 0.25) is 0 Å². The van der Waals surface area contributed by atoms with Crippen LogP contribution in [-0.2, 0) is 11.2 Å². The summed E-state index contributed by atoms with van der Waals surface area (Å²) < 4.78 is 16.3. The molecule has 22 heavy (non-hydrogen) atoms. The summed E-state index contributed by atoms with van der Waals surface area (Å²) in [4.78, 5) is 11.0. The van der Waals surface area contributed by atoms with E-state index < -0.39 is 6.09 Å². The Morgan fingerprint density at radius 1 is 1.41 bits per heavy atom. The Morgan fingerprint density at radius 3 is 3.00 bits per heavy atom. The maximum Gasteiger partial charge on any atom is 0.407 e. The molecule has 0 bridgehead atoms. The number of amides is 1. The third-order valence-corrected chi connectivity index (χ3v) is 3.08. The van der Waals surface area contributed by atoms with E-state index in [1.54, 1.807) is 6.92 Å². The molecule has 0 unspecified atom stereocenters. The van der Waals surface area contributed by atoms with Crippen LogP contribution in [0.1, 0.15) is 26.3 Å². The SMILES string of the molecule is CCOC(=O)NCC#CCOc1cccc2c1OC(C)(C)C2. The Morgan fingerprint density at radius 2 is 2.23 bits per heavy atom. The molecule has 1 aromatic rings. The first-order valence-electron chi connectivity index (χ1n) is 7.32. The van der Waals surface area contributed by atoms with Crippen molar-refractivity contribution in [2.24, 2.45) is 0 Å². The van der Waals surface area contributed by atoms with Gasteiger partial charge in [-0.25, -0.2) is 4.79 Å². The molecule has 1 N–H and O–H groups in total. The molecule has 5 heteroatoms. The first-order chi connectivity index (χ1) is 10.5. The van der Waals surface area contributed by atoms with E-state index in [1.807, 2.05) is 18.2 Å². The number of ether oxygens (including phenoxy) is 3. The Hall–Kier alpha value is -2.35. The quantitative estimate of drug-likeness (QED) is 0.868.